The Labute approximate surface area is 186 Å². The van der Waals surface area contributed by atoms with Crippen LogP contribution in [0.25, 0.3) is 0 Å². The first-order valence-corrected chi connectivity index (χ1v) is 12.3. The van der Waals surface area contributed by atoms with E-state index in [-0.39, 0.29) is 24.0 Å². The van der Waals surface area contributed by atoms with Crippen molar-refractivity contribution in [3.63, 3.8) is 0 Å². The molecule has 1 aromatic carbocycles. The van der Waals surface area contributed by atoms with Crippen molar-refractivity contribution >= 4 is 27.5 Å². The third-order valence-corrected chi connectivity index (χ3v) is 8.55. The molecule has 160 valence electrons. The first-order valence-electron chi connectivity index (χ1n) is 10.9. The van der Waals surface area contributed by atoms with Gasteiger partial charge in [0.15, 0.2) is 0 Å². The SMILES string of the molecule is FC1C(Cl)NCC2C1C1NCC(Br)CC1N2[C@H](c1ccccc1)C1CCOCC1. The lowest BCUT2D eigenvalue weighted by Crippen LogP contribution is -2.58. The van der Waals surface area contributed by atoms with Crippen molar-refractivity contribution in [3.8, 4) is 0 Å². The van der Waals surface area contributed by atoms with E-state index < -0.39 is 11.7 Å². The Morgan fingerprint density at radius 1 is 1.10 bits per heavy atom. The number of ether oxygens (including phenoxy) is 1. The van der Waals surface area contributed by atoms with Gasteiger partial charge in [-0.05, 0) is 30.7 Å². The fourth-order valence-corrected chi connectivity index (χ4v) is 7.08. The van der Waals surface area contributed by atoms with Crippen LogP contribution in [0.1, 0.15) is 30.9 Å². The Morgan fingerprint density at radius 2 is 1.86 bits per heavy atom. The molecule has 7 heteroatoms. The van der Waals surface area contributed by atoms with Crippen molar-refractivity contribution in [2.75, 3.05) is 26.3 Å². The van der Waals surface area contributed by atoms with E-state index in [1.807, 2.05) is 0 Å². The molecule has 4 fully saturated rings. The molecule has 4 aliphatic rings. The van der Waals surface area contributed by atoms with Crippen molar-refractivity contribution in [3.05, 3.63) is 35.9 Å². The molecule has 0 aromatic heterocycles. The molecule has 4 nitrogen and oxygen atoms in total. The maximum atomic E-state index is 15.4. The van der Waals surface area contributed by atoms with Gasteiger partial charge in [0, 0.05) is 61.2 Å². The Balaban J connectivity index is 1.55. The Hall–Kier alpha value is -0.240. The number of benzene rings is 1. The van der Waals surface area contributed by atoms with Gasteiger partial charge in [-0.15, -0.1) is 11.6 Å². The lowest BCUT2D eigenvalue weighted by Gasteiger charge is -2.46. The summed E-state index contributed by atoms with van der Waals surface area (Å²) < 4.78 is 21.1. The van der Waals surface area contributed by atoms with Crippen molar-refractivity contribution in [2.45, 2.75) is 59.9 Å². The van der Waals surface area contributed by atoms with E-state index in [1.165, 1.54) is 5.56 Å². The molecule has 4 aliphatic heterocycles. The number of hydrogen-bond acceptors (Lipinski definition) is 4. The minimum Gasteiger partial charge on any atom is -0.381 e. The van der Waals surface area contributed by atoms with E-state index in [2.05, 4.69) is 61.8 Å². The molecule has 4 saturated heterocycles. The topological polar surface area (TPSA) is 36.5 Å². The first kappa shape index (κ1) is 20.7. The highest BCUT2D eigenvalue weighted by Crippen LogP contribution is 2.48. The number of nitrogens with zero attached hydrogens (tertiary/aromatic N) is 1. The van der Waals surface area contributed by atoms with Crippen molar-refractivity contribution in [1.29, 1.82) is 0 Å². The van der Waals surface area contributed by atoms with Gasteiger partial charge in [-0.3, -0.25) is 10.2 Å². The summed E-state index contributed by atoms with van der Waals surface area (Å²) >= 11 is 10.2. The van der Waals surface area contributed by atoms with Gasteiger partial charge in [-0.25, -0.2) is 4.39 Å². The molecular weight excluding hydrogens is 457 g/mol. The molecule has 0 aliphatic carbocycles. The molecule has 1 aromatic rings. The number of likely N-dealkylation sites (tertiary alicyclic amines) is 1. The molecule has 5 rings (SSSR count). The van der Waals surface area contributed by atoms with E-state index in [0.29, 0.717) is 16.8 Å². The van der Waals surface area contributed by atoms with Gasteiger partial charge in [0.1, 0.15) is 11.7 Å². The third kappa shape index (κ3) is 3.79. The summed E-state index contributed by atoms with van der Waals surface area (Å²) in [5, 5.41) is 6.93. The number of hydrogen-bond donors (Lipinski definition) is 2. The summed E-state index contributed by atoms with van der Waals surface area (Å²) in [6, 6.07) is 11.7. The highest BCUT2D eigenvalue weighted by molar-refractivity contribution is 9.09. The zero-order chi connectivity index (χ0) is 20.0. The van der Waals surface area contributed by atoms with Gasteiger partial charge < -0.3 is 10.1 Å². The summed E-state index contributed by atoms with van der Waals surface area (Å²) in [4.78, 5) is 3.08. The zero-order valence-corrected chi connectivity index (χ0v) is 18.9. The lowest BCUT2D eigenvalue weighted by molar-refractivity contribution is -0.00479. The largest absolute Gasteiger partial charge is 0.381 e. The molecular formula is C22H30BrClFN3O. The summed E-state index contributed by atoms with van der Waals surface area (Å²) in [6.45, 7) is 3.26. The lowest BCUT2D eigenvalue weighted by atomic mass is 9.84. The summed E-state index contributed by atoms with van der Waals surface area (Å²) in [6.07, 6.45) is 2.11. The number of halogens is 3. The van der Waals surface area contributed by atoms with E-state index in [4.69, 9.17) is 16.3 Å². The highest BCUT2D eigenvalue weighted by Gasteiger charge is 2.58. The van der Waals surface area contributed by atoms with Gasteiger partial charge in [0.2, 0.25) is 0 Å². The molecule has 2 N–H and O–H groups in total. The van der Waals surface area contributed by atoms with E-state index >= 15 is 4.39 Å². The van der Waals surface area contributed by atoms with E-state index in [0.717, 1.165) is 45.6 Å². The second-order valence-corrected chi connectivity index (χ2v) is 10.8. The number of nitrogens with one attached hydrogen (secondary N) is 2. The molecule has 0 bridgehead atoms. The normalized spacial score (nSPS) is 42.2. The molecule has 8 atom stereocenters. The minimum atomic E-state index is -1.04. The predicted octanol–water partition coefficient (Wildman–Crippen LogP) is 3.45. The van der Waals surface area contributed by atoms with Crippen LogP contribution < -0.4 is 10.6 Å². The van der Waals surface area contributed by atoms with Gasteiger partial charge >= 0.3 is 0 Å². The molecule has 7 unspecified atom stereocenters. The molecule has 0 spiro atoms. The fraction of sp³-hybridized carbons (Fsp3) is 0.727. The van der Waals surface area contributed by atoms with Gasteiger partial charge in [0.05, 0.1) is 0 Å². The maximum Gasteiger partial charge on any atom is 0.135 e. The third-order valence-electron chi connectivity index (χ3n) is 7.46. The van der Waals surface area contributed by atoms with Crippen molar-refractivity contribution in [2.24, 2.45) is 11.8 Å². The van der Waals surface area contributed by atoms with Crippen LogP contribution in [0.5, 0.6) is 0 Å². The van der Waals surface area contributed by atoms with Crippen LogP contribution in [0, 0.1) is 11.8 Å². The molecule has 0 saturated carbocycles. The van der Waals surface area contributed by atoms with Gasteiger partial charge in [-0.1, -0.05) is 46.3 Å². The quantitative estimate of drug-likeness (QED) is 0.507. The highest BCUT2D eigenvalue weighted by atomic mass is 79.9. The monoisotopic (exact) mass is 485 g/mol. The average Bonchev–Trinajstić information content (AvgIpc) is 3.06. The van der Waals surface area contributed by atoms with Crippen molar-refractivity contribution in [1.82, 2.24) is 15.5 Å². The van der Waals surface area contributed by atoms with Crippen LogP contribution in [-0.2, 0) is 4.74 Å². The second-order valence-electron chi connectivity index (χ2n) is 8.99. The number of fused-ring (bicyclic) bond motifs is 3. The summed E-state index contributed by atoms with van der Waals surface area (Å²) in [7, 11) is 0. The van der Waals surface area contributed by atoms with Crippen LogP contribution in [0.2, 0.25) is 0 Å². The predicted molar refractivity (Wildman–Crippen MR) is 117 cm³/mol. The van der Waals surface area contributed by atoms with Crippen molar-refractivity contribution < 1.29 is 9.13 Å². The maximum absolute atomic E-state index is 15.4. The molecule has 29 heavy (non-hydrogen) atoms. The standard InChI is InChI=1S/C22H30BrClFN3O/c23-15-10-16-20(26-11-15)18-17(12-27-22(24)19(18)25)28(16)21(13-4-2-1-3-5-13)14-6-8-29-9-7-14/h1-5,14-22,26-27H,6-12H2/t15?,16?,17?,18?,19?,20?,21-,22?/m1/s1. The van der Waals surface area contributed by atoms with Gasteiger partial charge in [0.25, 0.3) is 0 Å². The van der Waals surface area contributed by atoms with Crippen LogP contribution in [0.15, 0.2) is 30.3 Å². The van der Waals surface area contributed by atoms with Gasteiger partial charge in [-0.2, -0.15) is 0 Å². The van der Waals surface area contributed by atoms with E-state index in [9.17, 15) is 0 Å². The fourth-order valence-electron chi connectivity index (χ4n) is 6.25. The van der Waals surface area contributed by atoms with Crippen LogP contribution in [0.3, 0.4) is 0 Å². The number of rotatable bonds is 3. The van der Waals surface area contributed by atoms with E-state index in [1.54, 1.807) is 0 Å². The second kappa shape index (κ2) is 8.71. The Bertz CT molecular complexity index is 692. The molecule has 0 radical (unpaired) electrons. The summed E-state index contributed by atoms with van der Waals surface area (Å²) in [5.74, 6) is 0.447. The molecule has 0 amide bonds. The Kier molecular flexibility index (Phi) is 6.21. The zero-order valence-electron chi connectivity index (χ0n) is 16.5. The van der Waals surface area contributed by atoms with Crippen LogP contribution in [-0.4, -0.2) is 65.8 Å². The molecule has 4 heterocycles. The number of alkyl halides is 3. The average molecular weight is 487 g/mol. The minimum absolute atomic E-state index is 0.0743. The first-order chi connectivity index (χ1) is 14.1. The Morgan fingerprint density at radius 3 is 2.62 bits per heavy atom. The smallest absolute Gasteiger partial charge is 0.135 e. The van der Waals surface area contributed by atoms with Crippen LogP contribution in [0.4, 0.5) is 4.39 Å². The summed E-state index contributed by atoms with van der Waals surface area (Å²) in [5.41, 5.74) is 0.748. The van der Waals surface area contributed by atoms with Crippen LogP contribution >= 0.6 is 27.5 Å². The number of piperidine rings is 2.